The van der Waals surface area contributed by atoms with Gasteiger partial charge in [-0.15, -0.1) is 0 Å². The second kappa shape index (κ2) is 3.42. The maximum absolute atomic E-state index is 11.2. The second-order valence-corrected chi connectivity index (χ2v) is 2.68. The first-order chi connectivity index (χ1) is 6.06. The zero-order valence-corrected chi connectivity index (χ0v) is 7.36. The second-order valence-electron chi connectivity index (χ2n) is 2.68. The highest BCUT2D eigenvalue weighted by Gasteiger charge is 2.37. The summed E-state index contributed by atoms with van der Waals surface area (Å²) in [4.78, 5) is 33.9. The lowest BCUT2D eigenvalue weighted by Crippen LogP contribution is -2.40. The number of imide groups is 1. The zero-order valence-electron chi connectivity index (χ0n) is 7.36. The number of ether oxygens (including phenoxy) is 1. The van der Waals surface area contributed by atoms with Crippen molar-refractivity contribution in [2.24, 2.45) is 0 Å². The molecule has 0 aromatic heterocycles. The summed E-state index contributed by atoms with van der Waals surface area (Å²) in [5, 5.41) is 2.27. The van der Waals surface area contributed by atoms with Crippen molar-refractivity contribution in [3.8, 4) is 0 Å². The van der Waals surface area contributed by atoms with Crippen LogP contribution < -0.4 is 5.32 Å². The number of carbonyl (C=O) groups excluding carboxylic acids is 3. The molecule has 1 unspecified atom stereocenters. The van der Waals surface area contributed by atoms with Gasteiger partial charge < -0.3 is 10.1 Å². The Morgan fingerprint density at radius 2 is 2.23 bits per heavy atom. The van der Waals surface area contributed by atoms with Crippen LogP contribution in [0.4, 0.5) is 4.79 Å². The Bertz CT molecular complexity index is 263. The van der Waals surface area contributed by atoms with Crippen molar-refractivity contribution in [2.75, 3.05) is 14.2 Å². The third-order valence-electron chi connectivity index (χ3n) is 1.86. The number of likely N-dealkylation sites (tertiary alicyclic amines) is 1. The summed E-state index contributed by atoms with van der Waals surface area (Å²) < 4.78 is 4.30. The summed E-state index contributed by atoms with van der Waals surface area (Å²) in [7, 11) is 2.57. The molecule has 0 bridgehead atoms. The van der Waals surface area contributed by atoms with Crippen molar-refractivity contribution in [3.05, 3.63) is 0 Å². The molecule has 0 aromatic carbocycles. The molecule has 3 amide bonds. The SMILES string of the molecule is COC(=O)NC1CC(=O)N(C)C1=O. The molecule has 0 aliphatic carbocycles. The standard InChI is InChI=1S/C7H10N2O4/c1-9-5(10)3-4(6(9)11)8-7(12)13-2/h4H,3H2,1-2H3,(H,8,12). The van der Waals surface area contributed by atoms with Crippen LogP contribution in [0.15, 0.2) is 0 Å². The number of carbonyl (C=O) groups is 3. The molecule has 13 heavy (non-hydrogen) atoms. The van der Waals surface area contributed by atoms with Gasteiger partial charge in [-0.05, 0) is 0 Å². The van der Waals surface area contributed by atoms with Gasteiger partial charge in [-0.1, -0.05) is 0 Å². The number of rotatable bonds is 1. The predicted molar refractivity (Wildman–Crippen MR) is 41.7 cm³/mol. The van der Waals surface area contributed by atoms with Crippen LogP contribution in [-0.2, 0) is 14.3 Å². The molecule has 0 spiro atoms. The molecule has 6 heteroatoms. The first-order valence-corrected chi connectivity index (χ1v) is 3.71. The van der Waals surface area contributed by atoms with E-state index in [1.165, 1.54) is 14.2 Å². The third-order valence-corrected chi connectivity index (χ3v) is 1.86. The van der Waals surface area contributed by atoms with E-state index in [1.807, 2.05) is 0 Å². The number of alkyl carbamates (subject to hydrolysis) is 1. The normalized spacial score (nSPS) is 22.0. The van der Waals surface area contributed by atoms with Crippen molar-refractivity contribution in [3.63, 3.8) is 0 Å². The highest BCUT2D eigenvalue weighted by Crippen LogP contribution is 2.10. The topological polar surface area (TPSA) is 75.7 Å². The van der Waals surface area contributed by atoms with E-state index in [0.717, 1.165) is 4.90 Å². The van der Waals surface area contributed by atoms with E-state index in [-0.39, 0.29) is 12.3 Å². The molecule has 0 saturated carbocycles. The van der Waals surface area contributed by atoms with Gasteiger partial charge in [0.15, 0.2) is 0 Å². The summed E-state index contributed by atoms with van der Waals surface area (Å²) >= 11 is 0. The summed E-state index contributed by atoms with van der Waals surface area (Å²) in [6.45, 7) is 0. The van der Waals surface area contributed by atoms with E-state index >= 15 is 0 Å². The molecular formula is C7H10N2O4. The molecular weight excluding hydrogens is 176 g/mol. The van der Waals surface area contributed by atoms with Crippen LogP contribution in [0.5, 0.6) is 0 Å². The van der Waals surface area contributed by atoms with Crippen molar-refractivity contribution < 1.29 is 19.1 Å². The number of nitrogens with one attached hydrogen (secondary N) is 1. The average Bonchev–Trinajstić information content (AvgIpc) is 2.34. The molecule has 1 rings (SSSR count). The zero-order chi connectivity index (χ0) is 10.0. The third kappa shape index (κ3) is 1.77. The van der Waals surface area contributed by atoms with Gasteiger partial charge in [-0.2, -0.15) is 0 Å². The number of likely N-dealkylation sites (N-methyl/N-ethyl adjacent to an activating group) is 1. The lowest BCUT2D eigenvalue weighted by Gasteiger charge is -2.09. The Balaban J connectivity index is 2.59. The first-order valence-electron chi connectivity index (χ1n) is 3.71. The summed E-state index contributed by atoms with van der Waals surface area (Å²) in [6, 6.07) is -0.773. The van der Waals surface area contributed by atoms with Crippen molar-refractivity contribution in [1.82, 2.24) is 10.2 Å². The van der Waals surface area contributed by atoms with Gasteiger partial charge in [0.25, 0.3) is 5.91 Å². The molecule has 1 N–H and O–H groups in total. The molecule has 0 radical (unpaired) electrons. The fourth-order valence-electron chi connectivity index (χ4n) is 1.07. The van der Waals surface area contributed by atoms with Gasteiger partial charge in [0.1, 0.15) is 6.04 Å². The minimum absolute atomic E-state index is 0.00440. The highest BCUT2D eigenvalue weighted by molar-refractivity contribution is 6.06. The summed E-state index contributed by atoms with van der Waals surface area (Å²) in [6.07, 6.45) is -0.703. The number of amides is 3. The number of hydrogen-bond acceptors (Lipinski definition) is 4. The molecule has 1 aliphatic rings. The highest BCUT2D eigenvalue weighted by atomic mass is 16.5. The minimum Gasteiger partial charge on any atom is -0.453 e. The summed E-state index contributed by atoms with van der Waals surface area (Å²) in [5.74, 6) is -0.707. The Morgan fingerprint density at radius 3 is 2.62 bits per heavy atom. The van der Waals surface area contributed by atoms with Crippen LogP contribution in [0.25, 0.3) is 0 Å². The fourth-order valence-corrected chi connectivity index (χ4v) is 1.07. The monoisotopic (exact) mass is 186 g/mol. The van der Waals surface area contributed by atoms with Crippen LogP contribution in [0.2, 0.25) is 0 Å². The van der Waals surface area contributed by atoms with Gasteiger partial charge in [-0.25, -0.2) is 4.79 Å². The van der Waals surface area contributed by atoms with E-state index < -0.39 is 18.0 Å². The summed E-state index contributed by atoms with van der Waals surface area (Å²) in [5.41, 5.74) is 0. The van der Waals surface area contributed by atoms with Gasteiger partial charge in [-0.3, -0.25) is 14.5 Å². The van der Waals surface area contributed by atoms with E-state index in [1.54, 1.807) is 0 Å². The predicted octanol–water partition coefficient (Wildman–Crippen LogP) is -0.900. The molecule has 6 nitrogen and oxygen atoms in total. The van der Waals surface area contributed by atoms with Crippen LogP contribution >= 0.6 is 0 Å². The van der Waals surface area contributed by atoms with E-state index in [4.69, 9.17) is 0 Å². The van der Waals surface area contributed by atoms with Crippen molar-refractivity contribution >= 4 is 17.9 Å². The van der Waals surface area contributed by atoms with E-state index in [9.17, 15) is 14.4 Å². The lowest BCUT2D eigenvalue weighted by molar-refractivity contribution is -0.137. The molecule has 0 aromatic rings. The molecule has 1 aliphatic heterocycles. The van der Waals surface area contributed by atoms with E-state index in [0.29, 0.717) is 0 Å². The van der Waals surface area contributed by atoms with Gasteiger partial charge in [0.05, 0.1) is 13.5 Å². The van der Waals surface area contributed by atoms with Gasteiger partial charge >= 0.3 is 6.09 Å². The maximum atomic E-state index is 11.2. The number of hydrogen-bond donors (Lipinski definition) is 1. The fraction of sp³-hybridized carbons (Fsp3) is 0.571. The van der Waals surface area contributed by atoms with Crippen LogP contribution in [0.3, 0.4) is 0 Å². The lowest BCUT2D eigenvalue weighted by atomic mass is 10.2. The average molecular weight is 186 g/mol. The Morgan fingerprint density at radius 1 is 1.62 bits per heavy atom. The smallest absolute Gasteiger partial charge is 0.407 e. The Kier molecular flexibility index (Phi) is 2.50. The molecule has 1 fully saturated rings. The molecule has 1 atom stereocenters. The molecule has 1 saturated heterocycles. The first kappa shape index (κ1) is 9.50. The minimum atomic E-state index is -0.773. The Hall–Kier alpha value is -1.59. The number of methoxy groups -OCH3 is 1. The van der Waals surface area contributed by atoms with Crippen LogP contribution in [-0.4, -0.2) is 43.0 Å². The van der Waals surface area contributed by atoms with Crippen LogP contribution in [0.1, 0.15) is 6.42 Å². The van der Waals surface area contributed by atoms with Crippen molar-refractivity contribution in [2.45, 2.75) is 12.5 Å². The molecule has 72 valence electrons. The Labute approximate surface area is 74.8 Å². The van der Waals surface area contributed by atoms with Gasteiger partial charge in [0.2, 0.25) is 5.91 Å². The largest absolute Gasteiger partial charge is 0.453 e. The van der Waals surface area contributed by atoms with E-state index in [2.05, 4.69) is 10.1 Å². The van der Waals surface area contributed by atoms with Crippen molar-refractivity contribution in [1.29, 1.82) is 0 Å². The number of nitrogens with zero attached hydrogens (tertiary/aromatic N) is 1. The van der Waals surface area contributed by atoms with Crippen LogP contribution in [0, 0.1) is 0 Å². The van der Waals surface area contributed by atoms with Gasteiger partial charge in [0, 0.05) is 7.05 Å². The maximum Gasteiger partial charge on any atom is 0.407 e. The quantitative estimate of drug-likeness (QED) is 0.538. The molecule has 1 heterocycles.